The summed E-state index contributed by atoms with van der Waals surface area (Å²) in [4.78, 5) is 2.28. The van der Waals surface area contributed by atoms with Crippen LogP contribution in [0.4, 0.5) is 11.4 Å². The highest BCUT2D eigenvalue weighted by Gasteiger charge is 2.37. The molecule has 4 rings (SSSR count). The van der Waals surface area contributed by atoms with Gasteiger partial charge in [-0.15, -0.1) is 0 Å². The van der Waals surface area contributed by atoms with Crippen molar-refractivity contribution in [2.24, 2.45) is 0 Å². The van der Waals surface area contributed by atoms with E-state index in [0.29, 0.717) is 6.42 Å². The highest BCUT2D eigenvalue weighted by atomic mass is 16.3. The minimum atomic E-state index is -0.706. The van der Waals surface area contributed by atoms with Crippen LogP contribution in [0.25, 0.3) is 0 Å². The van der Waals surface area contributed by atoms with Crippen LogP contribution in [0.1, 0.15) is 30.4 Å². The lowest BCUT2D eigenvalue weighted by Crippen LogP contribution is -2.50. The van der Waals surface area contributed by atoms with Gasteiger partial charge in [0.25, 0.3) is 0 Å². The summed E-state index contributed by atoms with van der Waals surface area (Å²) in [6.45, 7) is 0. The van der Waals surface area contributed by atoms with Gasteiger partial charge < -0.3 is 15.1 Å². The van der Waals surface area contributed by atoms with Crippen molar-refractivity contribution < 1.29 is 10.2 Å². The molecular weight excluding hydrogens is 286 g/mol. The molecule has 0 unspecified atom stereocenters. The fraction of sp³-hybridized carbons (Fsp3) is 0.400. The lowest BCUT2D eigenvalue weighted by molar-refractivity contribution is -0.0204. The third kappa shape index (κ3) is 2.54. The number of aliphatic hydroxyl groups is 2. The highest BCUT2D eigenvalue weighted by Crippen LogP contribution is 2.40. The number of nitrogens with zero attached hydrogens (tertiary/aromatic N) is 1. The third-order valence-corrected chi connectivity index (χ3v) is 5.29. The normalized spacial score (nSPS) is 27.0. The Labute approximate surface area is 137 Å². The predicted molar refractivity (Wildman–Crippen MR) is 92.1 cm³/mol. The first-order valence-corrected chi connectivity index (χ1v) is 8.57. The molecule has 2 N–H and O–H groups in total. The molecule has 1 saturated carbocycles. The smallest absolute Gasteiger partial charge is 0.101 e. The molecule has 2 aromatic carbocycles. The molecule has 0 spiro atoms. The summed E-state index contributed by atoms with van der Waals surface area (Å²) in [6, 6.07) is 16.9. The maximum absolute atomic E-state index is 10.6. The Balaban J connectivity index is 1.86. The van der Waals surface area contributed by atoms with E-state index in [9.17, 15) is 10.2 Å². The van der Waals surface area contributed by atoms with Crippen LogP contribution in [0.2, 0.25) is 0 Å². The summed E-state index contributed by atoms with van der Waals surface area (Å²) in [7, 11) is 0. The van der Waals surface area contributed by atoms with Crippen LogP contribution in [0.15, 0.2) is 48.5 Å². The molecular formula is C20H23NO2. The zero-order valence-electron chi connectivity index (χ0n) is 13.2. The molecule has 1 heterocycles. The van der Waals surface area contributed by atoms with E-state index >= 15 is 0 Å². The number of anilines is 2. The predicted octanol–water partition coefficient (Wildman–Crippen LogP) is 3.20. The number of hydrogen-bond acceptors (Lipinski definition) is 3. The number of aliphatic hydroxyl groups excluding tert-OH is 2. The van der Waals surface area contributed by atoms with Crippen molar-refractivity contribution in [1.82, 2.24) is 0 Å². The zero-order chi connectivity index (χ0) is 15.8. The molecule has 3 atom stereocenters. The quantitative estimate of drug-likeness (QED) is 0.850. The average molecular weight is 309 g/mol. The van der Waals surface area contributed by atoms with Gasteiger partial charge >= 0.3 is 0 Å². The van der Waals surface area contributed by atoms with Crippen LogP contribution in [0.5, 0.6) is 0 Å². The Morgan fingerprint density at radius 1 is 0.783 bits per heavy atom. The van der Waals surface area contributed by atoms with E-state index in [1.807, 2.05) is 0 Å². The van der Waals surface area contributed by atoms with Crippen LogP contribution in [0.3, 0.4) is 0 Å². The van der Waals surface area contributed by atoms with E-state index in [0.717, 1.165) is 25.7 Å². The van der Waals surface area contributed by atoms with E-state index in [1.54, 1.807) is 0 Å². The number of benzene rings is 2. The standard InChI is InChI=1S/C20H23NO2/c22-19-11-5-10-18(20(19)23)21-16-8-3-1-6-14(16)12-13-15-7-2-4-9-17(15)21/h1-4,6-9,18-20,22-23H,5,10-13H2/t18-,19+,20-/m0/s1. The van der Waals surface area contributed by atoms with E-state index in [4.69, 9.17) is 0 Å². The summed E-state index contributed by atoms with van der Waals surface area (Å²) < 4.78 is 0. The van der Waals surface area contributed by atoms with Crippen molar-refractivity contribution in [1.29, 1.82) is 0 Å². The SMILES string of the molecule is O[C@@H]1[C@H](O)CCC[C@@H]1N1c2ccccc2CCc2ccccc21. The van der Waals surface area contributed by atoms with Gasteiger partial charge in [0.15, 0.2) is 0 Å². The number of fused-ring (bicyclic) bond motifs is 2. The second-order valence-corrected chi connectivity index (χ2v) is 6.68. The molecule has 1 fully saturated rings. The maximum atomic E-state index is 10.6. The summed E-state index contributed by atoms with van der Waals surface area (Å²) in [5, 5.41) is 20.8. The fourth-order valence-electron chi connectivity index (χ4n) is 4.09. The molecule has 2 aliphatic rings. The highest BCUT2D eigenvalue weighted by molar-refractivity contribution is 5.72. The van der Waals surface area contributed by atoms with Crippen LogP contribution < -0.4 is 4.90 Å². The summed E-state index contributed by atoms with van der Waals surface area (Å²) in [5.74, 6) is 0. The Morgan fingerprint density at radius 3 is 1.96 bits per heavy atom. The second-order valence-electron chi connectivity index (χ2n) is 6.68. The third-order valence-electron chi connectivity index (χ3n) is 5.29. The van der Waals surface area contributed by atoms with Gasteiger partial charge in [0.05, 0.1) is 12.1 Å². The van der Waals surface area contributed by atoms with Crippen LogP contribution >= 0.6 is 0 Å². The van der Waals surface area contributed by atoms with Gasteiger partial charge in [-0.3, -0.25) is 0 Å². The van der Waals surface area contributed by atoms with Gasteiger partial charge in [0.2, 0.25) is 0 Å². The van der Waals surface area contributed by atoms with E-state index < -0.39 is 12.2 Å². The number of rotatable bonds is 1. The molecule has 2 aromatic rings. The monoisotopic (exact) mass is 309 g/mol. The van der Waals surface area contributed by atoms with Gasteiger partial charge in [-0.2, -0.15) is 0 Å². The first-order chi connectivity index (χ1) is 11.3. The van der Waals surface area contributed by atoms with E-state index in [-0.39, 0.29) is 6.04 Å². The first kappa shape index (κ1) is 14.7. The molecule has 1 aliphatic heterocycles. The molecule has 23 heavy (non-hydrogen) atoms. The molecule has 0 amide bonds. The largest absolute Gasteiger partial charge is 0.390 e. The van der Waals surface area contributed by atoms with Gasteiger partial charge in [0.1, 0.15) is 6.10 Å². The molecule has 1 aliphatic carbocycles. The van der Waals surface area contributed by atoms with E-state index in [1.165, 1.54) is 22.5 Å². The molecule has 0 saturated heterocycles. The first-order valence-electron chi connectivity index (χ1n) is 8.57. The van der Waals surface area contributed by atoms with Gasteiger partial charge in [-0.25, -0.2) is 0 Å². The molecule has 3 nitrogen and oxygen atoms in total. The molecule has 120 valence electrons. The number of aryl methyl sites for hydroxylation is 2. The molecule has 0 radical (unpaired) electrons. The Morgan fingerprint density at radius 2 is 1.35 bits per heavy atom. The number of para-hydroxylation sites is 2. The Bertz CT molecular complexity index is 652. The van der Waals surface area contributed by atoms with Crippen molar-refractivity contribution in [3.8, 4) is 0 Å². The van der Waals surface area contributed by atoms with Crippen molar-refractivity contribution in [3.05, 3.63) is 59.7 Å². The second kappa shape index (κ2) is 5.99. The zero-order valence-corrected chi connectivity index (χ0v) is 13.2. The average Bonchev–Trinajstić information content (AvgIpc) is 2.75. The van der Waals surface area contributed by atoms with Gasteiger partial charge in [-0.1, -0.05) is 36.4 Å². The van der Waals surface area contributed by atoms with Crippen molar-refractivity contribution >= 4 is 11.4 Å². The Hall–Kier alpha value is -1.84. The molecule has 0 bridgehead atoms. The summed E-state index contributed by atoms with van der Waals surface area (Å²) >= 11 is 0. The minimum absolute atomic E-state index is 0.0702. The Kier molecular flexibility index (Phi) is 3.83. The van der Waals surface area contributed by atoms with Crippen LogP contribution in [0, 0.1) is 0 Å². The van der Waals surface area contributed by atoms with Crippen molar-refractivity contribution in [3.63, 3.8) is 0 Å². The molecule has 0 aromatic heterocycles. The topological polar surface area (TPSA) is 43.7 Å². The lowest BCUT2D eigenvalue weighted by atomic mass is 9.88. The van der Waals surface area contributed by atoms with Crippen molar-refractivity contribution in [2.45, 2.75) is 50.4 Å². The van der Waals surface area contributed by atoms with Gasteiger partial charge in [-0.05, 0) is 55.4 Å². The fourth-order valence-corrected chi connectivity index (χ4v) is 4.09. The molecule has 3 heteroatoms. The maximum Gasteiger partial charge on any atom is 0.101 e. The summed E-state index contributed by atoms with van der Waals surface area (Å²) in [5.41, 5.74) is 4.98. The van der Waals surface area contributed by atoms with Crippen LogP contribution in [-0.2, 0) is 12.8 Å². The van der Waals surface area contributed by atoms with Gasteiger partial charge in [0, 0.05) is 11.4 Å². The van der Waals surface area contributed by atoms with E-state index in [2.05, 4.69) is 53.4 Å². The van der Waals surface area contributed by atoms with Crippen molar-refractivity contribution in [2.75, 3.05) is 4.90 Å². The number of hydrogen-bond donors (Lipinski definition) is 2. The van der Waals surface area contributed by atoms with Crippen LogP contribution in [-0.4, -0.2) is 28.5 Å². The summed E-state index contributed by atoms with van der Waals surface area (Å²) in [6.07, 6.45) is 3.23. The minimum Gasteiger partial charge on any atom is -0.390 e. The lowest BCUT2D eigenvalue weighted by Gasteiger charge is -2.41.